The summed E-state index contributed by atoms with van der Waals surface area (Å²) >= 11 is 2.71. The molecular formula is C17H19N3O4S2. The third-order valence-corrected chi connectivity index (χ3v) is 4.91. The standard InChI is InChI=1S/C17H19N3O4S2/c1-23-13-5-3-11(7-14(13)24-2)4-6-16(22)20-17-19-12(9-26-17)8-25-10-15(18)21/h3-7,9H,8,10H2,1-2H3,(H2,18,21)(H,19,20,22)/b6-4+. The molecule has 0 fully saturated rings. The largest absolute Gasteiger partial charge is 0.493 e. The van der Waals surface area contributed by atoms with Crippen LogP contribution in [0, 0.1) is 0 Å². The van der Waals surface area contributed by atoms with Crippen molar-refractivity contribution in [1.82, 2.24) is 4.98 Å². The average Bonchev–Trinajstić information content (AvgIpc) is 3.06. The van der Waals surface area contributed by atoms with E-state index in [4.69, 9.17) is 15.2 Å². The first-order valence-electron chi connectivity index (χ1n) is 7.53. The first kappa shape index (κ1) is 19.8. The van der Waals surface area contributed by atoms with Gasteiger partial charge in [0, 0.05) is 17.2 Å². The number of methoxy groups -OCH3 is 2. The van der Waals surface area contributed by atoms with Crippen molar-refractivity contribution in [2.24, 2.45) is 5.73 Å². The Bertz CT molecular complexity index is 805. The van der Waals surface area contributed by atoms with Crippen molar-refractivity contribution in [3.05, 3.63) is 40.9 Å². The first-order chi connectivity index (χ1) is 12.5. The number of thiazole rings is 1. The van der Waals surface area contributed by atoms with E-state index in [0.717, 1.165) is 11.3 Å². The molecule has 0 spiro atoms. The topological polar surface area (TPSA) is 104 Å². The van der Waals surface area contributed by atoms with E-state index in [0.29, 0.717) is 22.4 Å². The number of ether oxygens (including phenoxy) is 2. The smallest absolute Gasteiger partial charge is 0.250 e. The lowest BCUT2D eigenvalue weighted by Gasteiger charge is -2.07. The summed E-state index contributed by atoms with van der Waals surface area (Å²) in [5.41, 5.74) is 6.68. The zero-order valence-corrected chi connectivity index (χ0v) is 16.0. The molecule has 0 aliphatic rings. The number of carbonyl (C=O) groups is 2. The molecule has 0 unspecified atom stereocenters. The van der Waals surface area contributed by atoms with Gasteiger partial charge in [-0.1, -0.05) is 6.07 Å². The van der Waals surface area contributed by atoms with Crippen LogP contribution in [0.3, 0.4) is 0 Å². The molecule has 0 saturated heterocycles. The van der Waals surface area contributed by atoms with Crippen LogP contribution in [-0.2, 0) is 15.3 Å². The lowest BCUT2D eigenvalue weighted by atomic mass is 10.2. The van der Waals surface area contributed by atoms with Crippen molar-refractivity contribution in [3.8, 4) is 11.5 Å². The summed E-state index contributed by atoms with van der Waals surface area (Å²) in [6.07, 6.45) is 3.10. The second-order valence-electron chi connectivity index (χ2n) is 5.04. The number of nitrogens with two attached hydrogens (primary N) is 1. The third-order valence-electron chi connectivity index (χ3n) is 3.11. The fourth-order valence-electron chi connectivity index (χ4n) is 1.96. The van der Waals surface area contributed by atoms with E-state index in [1.54, 1.807) is 32.4 Å². The molecule has 26 heavy (non-hydrogen) atoms. The maximum atomic E-state index is 12.0. The molecule has 9 heteroatoms. The van der Waals surface area contributed by atoms with Crippen molar-refractivity contribution < 1.29 is 19.1 Å². The summed E-state index contributed by atoms with van der Waals surface area (Å²) in [6, 6.07) is 5.37. The van der Waals surface area contributed by atoms with Crippen molar-refractivity contribution in [2.45, 2.75) is 5.75 Å². The number of thioether (sulfide) groups is 1. The van der Waals surface area contributed by atoms with Crippen LogP contribution in [0.1, 0.15) is 11.3 Å². The van der Waals surface area contributed by atoms with Crippen LogP contribution in [0.4, 0.5) is 5.13 Å². The molecule has 0 aliphatic carbocycles. The average molecular weight is 393 g/mol. The van der Waals surface area contributed by atoms with Crippen LogP contribution in [0.5, 0.6) is 11.5 Å². The van der Waals surface area contributed by atoms with Crippen molar-refractivity contribution in [2.75, 3.05) is 25.3 Å². The highest BCUT2D eigenvalue weighted by atomic mass is 32.2. The summed E-state index contributed by atoms with van der Waals surface area (Å²) in [4.78, 5) is 27.0. The predicted octanol–water partition coefficient (Wildman–Crippen LogP) is 2.53. The number of amides is 2. The predicted molar refractivity (Wildman–Crippen MR) is 105 cm³/mol. The molecule has 1 aromatic carbocycles. The van der Waals surface area contributed by atoms with E-state index in [1.165, 1.54) is 29.2 Å². The van der Waals surface area contributed by atoms with E-state index >= 15 is 0 Å². The van der Waals surface area contributed by atoms with Gasteiger partial charge in [-0.3, -0.25) is 14.9 Å². The fourth-order valence-corrected chi connectivity index (χ4v) is 3.44. The molecule has 0 radical (unpaired) electrons. The maximum Gasteiger partial charge on any atom is 0.250 e. The number of hydrogen-bond donors (Lipinski definition) is 2. The number of rotatable bonds is 9. The summed E-state index contributed by atoms with van der Waals surface area (Å²) in [5.74, 6) is 1.38. The minimum absolute atomic E-state index is 0.243. The van der Waals surface area contributed by atoms with Gasteiger partial charge in [-0.2, -0.15) is 0 Å². The highest BCUT2D eigenvalue weighted by Gasteiger charge is 2.06. The van der Waals surface area contributed by atoms with Crippen molar-refractivity contribution in [1.29, 1.82) is 0 Å². The van der Waals surface area contributed by atoms with Crippen molar-refractivity contribution >= 4 is 46.1 Å². The molecule has 1 heterocycles. The number of aromatic nitrogens is 1. The Labute approximate surface area is 159 Å². The van der Waals surface area contributed by atoms with E-state index in [-0.39, 0.29) is 17.6 Å². The van der Waals surface area contributed by atoms with E-state index < -0.39 is 0 Å². The molecule has 0 aliphatic heterocycles. The number of hydrogen-bond acceptors (Lipinski definition) is 7. The Kier molecular flexibility index (Phi) is 7.49. The van der Waals surface area contributed by atoms with Gasteiger partial charge in [-0.25, -0.2) is 4.98 Å². The molecule has 7 nitrogen and oxygen atoms in total. The summed E-state index contributed by atoms with van der Waals surface area (Å²) < 4.78 is 10.4. The summed E-state index contributed by atoms with van der Waals surface area (Å²) in [5, 5.41) is 5.04. The number of primary amides is 1. The molecule has 1 aromatic heterocycles. The third kappa shape index (κ3) is 6.08. The normalized spacial score (nSPS) is 10.7. The monoisotopic (exact) mass is 393 g/mol. The fraction of sp³-hybridized carbons (Fsp3) is 0.235. The lowest BCUT2D eigenvalue weighted by Crippen LogP contribution is -2.13. The molecule has 2 amide bonds. The number of carbonyl (C=O) groups excluding carboxylic acids is 2. The molecule has 0 atom stereocenters. The van der Waals surface area contributed by atoms with Crippen LogP contribution in [0.15, 0.2) is 29.7 Å². The zero-order valence-electron chi connectivity index (χ0n) is 14.4. The van der Waals surface area contributed by atoms with Gasteiger partial charge >= 0.3 is 0 Å². The quantitative estimate of drug-likeness (QED) is 0.635. The Morgan fingerprint density at radius 3 is 2.77 bits per heavy atom. The Hall–Kier alpha value is -2.52. The second kappa shape index (κ2) is 9.83. The summed E-state index contributed by atoms with van der Waals surface area (Å²) in [6.45, 7) is 0. The maximum absolute atomic E-state index is 12.0. The molecule has 3 N–H and O–H groups in total. The zero-order chi connectivity index (χ0) is 18.9. The first-order valence-corrected chi connectivity index (χ1v) is 9.56. The second-order valence-corrected chi connectivity index (χ2v) is 6.88. The number of benzene rings is 1. The Morgan fingerprint density at radius 1 is 1.31 bits per heavy atom. The molecular weight excluding hydrogens is 374 g/mol. The van der Waals surface area contributed by atoms with Crippen molar-refractivity contribution in [3.63, 3.8) is 0 Å². The number of nitrogens with zero attached hydrogens (tertiary/aromatic N) is 1. The van der Waals surface area contributed by atoms with Gasteiger partial charge in [0.05, 0.1) is 25.7 Å². The minimum atomic E-state index is -0.362. The van der Waals surface area contributed by atoms with Gasteiger partial charge in [0.1, 0.15) is 0 Å². The Morgan fingerprint density at radius 2 is 2.08 bits per heavy atom. The van der Waals surface area contributed by atoms with Gasteiger partial charge in [-0.05, 0) is 23.8 Å². The highest BCUT2D eigenvalue weighted by molar-refractivity contribution is 7.99. The highest BCUT2D eigenvalue weighted by Crippen LogP contribution is 2.28. The van der Waals surface area contributed by atoms with Crippen LogP contribution < -0.4 is 20.5 Å². The van der Waals surface area contributed by atoms with E-state index in [9.17, 15) is 9.59 Å². The van der Waals surface area contributed by atoms with Gasteiger partial charge in [-0.15, -0.1) is 23.1 Å². The van der Waals surface area contributed by atoms with Gasteiger partial charge < -0.3 is 15.2 Å². The molecule has 0 bridgehead atoms. The minimum Gasteiger partial charge on any atom is -0.493 e. The van der Waals surface area contributed by atoms with Crippen LogP contribution in [0.25, 0.3) is 6.08 Å². The molecule has 0 saturated carbocycles. The SMILES string of the molecule is COc1ccc(/C=C/C(=O)Nc2nc(CSCC(N)=O)cs2)cc1OC. The van der Waals surface area contributed by atoms with E-state index in [1.807, 2.05) is 11.4 Å². The van der Waals surface area contributed by atoms with Gasteiger partial charge in [0.25, 0.3) is 0 Å². The number of nitrogens with one attached hydrogen (secondary N) is 1. The van der Waals surface area contributed by atoms with E-state index in [2.05, 4.69) is 10.3 Å². The van der Waals surface area contributed by atoms with Crippen LogP contribution in [0.2, 0.25) is 0 Å². The summed E-state index contributed by atoms with van der Waals surface area (Å²) in [7, 11) is 3.12. The Balaban J connectivity index is 1.91. The van der Waals surface area contributed by atoms with Crippen LogP contribution in [-0.4, -0.2) is 36.8 Å². The van der Waals surface area contributed by atoms with Crippen LogP contribution >= 0.6 is 23.1 Å². The molecule has 2 rings (SSSR count). The molecule has 2 aromatic rings. The molecule has 138 valence electrons. The van der Waals surface area contributed by atoms with Gasteiger partial charge in [0.15, 0.2) is 16.6 Å². The lowest BCUT2D eigenvalue weighted by molar-refractivity contribution is -0.115. The number of anilines is 1. The van der Waals surface area contributed by atoms with Gasteiger partial charge in [0.2, 0.25) is 11.8 Å².